The van der Waals surface area contributed by atoms with Gasteiger partial charge in [-0.25, -0.2) is 0 Å². The number of methoxy groups -OCH3 is 2. The Morgan fingerprint density at radius 2 is 1.82 bits per heavy atom. The average Bonchev–Trinajstić information content (AvgIpc) is 3.15. The van der Waals surface area contributed by atoms with Crippen LogP contribution in [0.1, 0.15) is 24.2 Å². The van der Waals surface area contributed by atoms with Crippen LogP contribution in [0, 0.1) is 0 Å². The van der Waals surface area contributed by atoms with Gasteiger partial charge in [-0.15, -0.1) is 16.9 Å². The largest absolute Gasteiger partial charge is 0.497 e. The lowest BCUT2D eigenvalue weighted by Gasteiger charge is -2.07. The number of nitrogens with one attached hydrogen (secondary N) is 1. The number of amides is 1. The van der Waals surface area contributed by atoms with Gasteiger partial charge in [-0.05, 0) is 36.4 Å². The van der Waals surface area contributed by atoms with E-state index in [9.17, 15) is 4.79 Å². The van der Waals surface area contributed by atoms with Crippen molar-refractivity contribution in [1.82, 2.24) is 10.2 Å². The van der Waals surface area contributed by atoms with Crippen LogP contribution in [0.3, 0.4) is 0 Å². The quantitative estimate of drug-likeness (QED) is 0.585. The number of hydrogen-bond donors (Lipinski definition) is 1. The van der Waals surface area contributed by atoms with Crippen LogP contribution in [0.25, 0.3) is 11.5 Å². The number of nitrogens with zero attached hydrogens (tertiary/aromatic N) is 2. The fraction of sp³-hybridized carbons (Fsp3) is 0.250. The standard InChI is InChI=1S/C20H21N3O4S/c1-12(2)28-15-8-5-13(6-9-15)18(24)21-20-23-22-19(27-20)16-10-7-14(25-3)11-17(16)26-4/h5-12H,1-4H3,(H,21,23,24). The number of aromatic nitrogens is 2. The molecular formula is C20H21N3O4S. The van der Waals surface area contributed by atoms with E-state index in [2.05, 4.69) is 29.4 Å². The average molecular weight is 399 g/mol. The van der Waals surface area contributed by atoms with E-state index in [0.29, 0.717) is 27.9 Å². The van der Waals surface area contributed by atoms with Gasteiger partial charge in [0.05, 0.1) is 19.8 Å². The maximum atomic E-state index is 12.4. The smallest absolute Gasteiger partial charge is 0.322 e. The minimum atomic E-state index is -0.321. The monoisotopic (exact) mass is 399 g/mol. The Bertz CT molecular complexity index is 954. The highest BCUT2D eigenvalue weighted by Crippen LogP contribution is 2.33. The minimum absolute atomic E-state index is 0.0125. The van der Waals surface area contributed by atoms with Crippen LogP contribution in [0.15, 0.2) is 51.8 Å². The van der Waals surface area contributed by atoms with Gasteiger partial charge in [0.2, 0.25) is 0 Å². The zero-order valence-electron chi connectivity index (χ0n) is 16.1. The van der Waals surface area contributed by atoms with Gasteiger partial charge in [0, 0.05) is 21.8 Å². The number of rotatable bonds is 7. The molecule has 0 fully saturated rings. The summed E-state index contributed by atoms with van der Waals surface area (Å²) in [6, 6.07) is 12.6. The molecule has 3 rings (SSSR count). The van der Waals surface area contributed by atoms with E-state index in [1.807, 2.05) is 12.1 Å². The van der Waals surface area contributed by atoms with Crippen LogP contribution >= 0.6 is 11.8 Å². The summed E-state index contributed by atoms with van der Waals surface area (Å²) in [4.78, 5) is 13.5. The molecule has 8 heteroatoms. The van der Waals surface area contributed by atoms with Gasteiger partial charge in [-0.1, -0.05) is 18.9 Å². The summed E-state index contributed by atoms with van der Waals surface area (Å²) in [5, 5.41) is 11.0. The highest BCUT2D eigenvalue weighted by atomic mass is 32.2. The molecule has 28 heavy (non-hydrogen) atoms. The molecule has 7 nitrogen and oxygen atoms in total. The fourth-order valence-electron chi connectivity index (χ4n) is 2.48. The molecule has 0 radical (unpaired) electrons. The Kier molecular flexibility index (Phi) is 6.20. The summed E-state index contributed by atoms with van der Waals surface area (Å²) in [6.07, 6.45) is 0. The Morgan fingerprint density at radius 1 is 1.07 bits per heavy atom. The van der Waals surface area contributed by atoms with Crippen molar-refractivity contribution in [1.29, 1.82) is 0 Å². The summed E-state index contributed by atoms with van der Waals surface area (Å²) in [6.45, 7) is 4.24. The molecule has 0 aliphatic rings. The molecule has 0 bridgehead atoms. The first kappa shape index (κ1) is 19.8. The first-order valence-electron chi connectivity index (χ1n) is 8.64. The van der Waals surface area contributed by atoms with Crippen LogP contribution < -0.4 is 14.8 Å². The molecule has 1 aromatic heterocycles. The molecule has 0 aliphatic carbocycles. The van der Waals surface area contributed by atoms with Crippen LogP contribution in [-0.4, -0.2) is 35.6 Å². The number of benzene rings is 2. The summed E-state index contributed by atoms with van der Waals surface area (Å²) in [7, 11) is 3.11. The predicted molar refractivity (Wildman–Crippen MR) is 108 cm³/mol. The summed E-state index contributed by atoms with van der Waals surface area (Å²) in [5.41, 5.74) is 1.11. The second-order valence-corrected chi connectivity index (χ2v) is 7.77. The van der Waals surface area contributed by atoms with Crippen molar-refractivity contribution in [3.05, 3.63) is 48.0 Å². The van der Waals surface area contributed by atoms with Crippen molar-refractivity contribution in [3.63, 3.8) is 0 Å². The highest BCUT2D eigenvalue weighted by Gasteiger charge is 2.16. The van der Waals surface area contributed by atoms with Crippen molar-refractivity contribution < 1.29 is 18.7 Å². The van der Waals surface area contributed by atoms with Gasteiger partial charge in [0.15, 0.2) is 0 Å². The lowest BCUT2D eigenvalue weighted by atomic mass is 10.2. The lowest BCUT2D eigenvalue weighted by Crippen LogP contribution is -2.11. The van der Waals surface area contributed by atoms with Crippen LogP contribution in [0.5, 0.6) is 11.5 Å². The van der Waals surface area contributed by atoms with Gasteiger partial charge in [-0.3, -0.25) is 10.1 Å². The molecule has 146 valence electrons. The maximum absolute atomic E-state index is 12.4. The molecule has 0 saturated carbocycles. The van der Waals surface area contributed by atoms with E-state index >= 15 is 0 Å². The van der Waals surface area contributed by atoms with E-state index in [0.717, 1.165) is 4.90 Å². The Morgan fingerprint density at radius 3 is 2.46 bits per heavy atom. The number of carbonyl (C=O) groups excluding carboxylic acids is 1. The third-order valence-corrected chi connectivity index (χ3v) is 4.79. The number of anilines is 1. The number of ether oxygens (including phenoxy) is 2. The van der Waals surface area contributed by atoms with Crippen molar-refractivity contribution in [2.75, 3.05) is 19.5 Å². The zero-order valence-corrected chi connectivity index (χ0v) is 16.9. The maximum Gasteiger partial charge on any atom is 0.322 e. The van der Waals surface area contributed by atoms with Crippen LogP contribution in [0.4, 0.5) is 6.01 Å². The molecule has 0 spiro atoms. The molecule has 2 aromatic carbocycles. The Balaban J connectivity index is 1.73. The number of hydrogen-bond acceptors (Lipinski definition) is 7. The van der Waals surface area contributed by atoms with Crippen LogP contribution in [0.2, 0.25) is 0 Å². The predicted octanol–water partition coefficient (Wildman–Crippen LogP) is 4.51. The fourth-order valence-corrected chi connectivity index (χ4v) is 3.32. The summed E-state index contributed by atoms with van der Waals surface area (Å²) >= 11 is 1.74. The summed E-state index contributed by atoms with van der Waals surface area (Å²) in [5.74, 6) is 1.09. The molecule has 1 heterocycles. The van der Waals surface area contributed by atoms with Crippen molar-refractivity contribution in [2.24, 2.45) is 0 Å². The normalized spacial score (nSPS) is 10.8. The topological polar surface area (TPSA) is 86.5 Å². The third kappa shape index (κ3) is 4.64. The van der Waals surface area contributed by atoms with Gasteiger partial charge >= 0.3 is 6.01 Å². The van der Waals surface area contributed by atoms with Gasteiger partial charge < -0.3 is 13.9 Å². The van der Waals surface area contributed by atoms with E-state index in [-0.39, 0.29) is 17.8 Å². The van der Waals surface area contributed by atoms with Gasteiger partial charge in [-0.2, -0.15) is 0 Å². The molecule has 0 aliphatic heterocycles. The molecule has 0 unspecified atom stereocenters. The molecule has 0 saturated heterocycles. The van der Waals surface area contributed by atoms with E-state index in [1.165, 1.54) is 0 Å². The van der Waals surface area contributed by atoms with Crippen molar-refractivity contribution >= 4 is 23.7 Å². The Labute approximate surface area is 167 Å². The third-order valence-electron chi connectivity index (χ3n) is 3.77. The van der Waals surface area contributed by atoms with Gasteiger partial charge in [0.1, 0.15) is 11.5 Å². The second-order valence-electron chi connectivity index (χ2n) is 6.12. The van der Waals surface area contributed by atoms with Crippen LogP contribution in [-0.2, 0) is 0 Å². The molecule has 1 N–H and O–H groups in total. The van der Waals surface area contributed by atoms with E-state index in [1.54, 1.807) is 56.3 Å². The first-order chi connectivity index (χ1) is 13.5. The molecule has 3 aromatic rings. The SMILES string of the molecule is COc1ccc(-c2nnc(NC(=O)c3ccc(SC(C)C)cc3)o2)c(OC)c1. The highest BCUT2D eigenvalue weighted by molar-refractivity contribution is 7.99. The van der Waals surface area contributed by atoms with E-state index < -0.39 is 0 Å². The first-order valence-corrected chi connectivity index (χ1v) is 9.52. The molecular weight excluding hydrogens is 378 g/mol. The number of carbonyl (C=O) groups is 1. The van der Waals surface area contributed by atoms with E-state index in [4.69, 9.17) is 13.9 Å². The molecule has 1 amide bonds. The lowest BCUT2D eigenvalue weighted by molar-refractivity contribution is 0.102. The zero-order chi connectivity index (χ0) is 20.1. The van der Waals surface area contributed by atoms with Gasteiger partial charge in [0.25, 0.3) is 11.8 Å². The van der Waals surface area contributed by atoms with Crippen molar-refractivity contribution in [2.45, 2.75) is 24.0 Å². The minimum Gasteiger partial charge on any atom is -0.497 e. The Hall–Kier alpha value is -3.00. The second kappa shape index (κ2) is 8.79. The summed E-state index contributed by atoms with van der Waals surface area (Å²) < 4.78 is 16.1. The molecule has 0 atom stereocenters. The number of thioether (sulfide) groups is 1. The van der Waals surface area contributed by atoms with Crippen molar-refractivity contribution in [3.8, 4) is 23.0 Å².